The average molecular weight is 241 g/mol. The highest BCUT2D eigenvalue weighted by Gasteiger charge is 2.17. The first-order valence-corrected chi connectivity index (χ1v) is 5.27. The van der Waals surface area contributed by atoms with Gasteiger partial charge < -0.3 is 15.6 Å². The van der Waals surface area contributed by atoms with Crippen molar-refractivity contribution < 1.29 is 19.0 Å². The predicted octanol–water partition coefficient (Wildman–Crippen LogP) is 2.01. The minimum absolute atomic E-state index is 0.0557. The number of nitrogens with two attached hydrogens (primary N) is 1. The number of aliphatic carboxylic acids is 1. The molecule has 1 rings (SSSR count). The Labute approximate surface area is 99.2 Å². The Morgan fingerprint density at radius 3 is 2.76 bits per heavy atom. The van der Waals surface area contributed by atoms with Gasteiger partial charge in [-0.2, -0.15) is 0 Å². The van der Waals surface area contributed by atoms with E-state index in [1.165, 1.54) is 7.11 Å². The minimum atomic E-state index is -0.924. The standard InChI is InChI=1S/C12H16FNO3/c1-7-3-4-8(12(17-2)11(7)13)9(14)5-6-10(15)16/h3-4,9H,5-6,14H2,1-2H3,(H,15,16). The van der Waals surface area contributed by atoms with Crippen LogP contribution in [0.4, 0.5) is 4.39 Å². The summed E-state index contributed by atoms with van der Waals surface area (Å²) in [6.45, 7) is 1.63. The Hall–Kier alpha value is -1.62. The molecule has 17 heavy (non-hydrogen) atoms. The Morgan fingerprint density at radius 1 is 1.59 bits per heavy atom. The van der Waals surface area contributed by atoms with Crippen molar-refractivity contribution in [3.63, 3.8) is 0 Å². The third-order valence-corrected chi connectivity index (χ3v) is 2.59. The van der Waals surface area contributed by atoms with Crippen molar-refractivity contribution in [3.05, 3.63) is 29.1 Å². The largest absolute Gasteiger partial charge is 0.493 e. The molecule has 0 amide bonds. The summed E-state index contributed by atoms with van der Waals surface area (Å²) in [5.74, 6) is -1.27. The van der Waals surface area contributed by atoms with Crippen molar-refractivity contribution in [3.8, 4) is 5.75 Å². The number of aryl methyl sites for hydroxylation is 1. The van der Waals surface area contributed by atoms with Gasteiger partial charge >= 0.3 is 5.97 Å². The summed E-state index contributed by atoms with van der Waals surface area (Å²) in [6, 6.07) is 2.73. The monoisotopic (exact) mass is 241 g/mol. The molecule has 0 aliphatic heterocycles. The molecule has 94 valence electrons. The lowest BCUT2D eigenvalue weighted by atomic mass is 10.00. The zero-order chi connectivity index (χ0) is 13.0. The lowest BCUT2D eigenvalue weighted by molar-refractivity contribution is -0.137. The Morgan fingerprint density at radius 2 is 2.24 bits per heavy atom. The number of rotatable bonds is 5. The van der Waals surface area contributed by atoms with Crippen LogP contribution >= 0.6 is 0 Å². The molecule has 0 aromatic heterocycles. The lowest BCUT2D eigenvalue weighted by Crippen LogP contribution is -2.14. The highest BCUT2D eigenvalue weighted by atomic mass is 19.1. The number of ether oxygens (including phenoxy) is 1. The maximum absolute atomic E-state index is 13.7. The molecular formula is C12H16FNO3. The van der Waals surface area contributed by atoms with E-state index >= 15 is 0 Å². The van der Waals surface area contributed by atoms with Gasteiger partial charge in [-0.25, -0.2) is 4.39 Å². The molecule has 0 saturated carbocycles. The van der Waals surface area contributed by atoms with Gasteiger partial charge in [0.1, 0.15) is 0 Å². The molecule has 0 bridgehead atoms. The third kappa shape index (κ3) is 3.17. The summed E-state index contributed by atoms with van der Waals surface area (Å²) in [7, 11) is 1.37. The van der Waals surface area contributed by atoms with E-state index in [0.29, 0.717) is 11.1 Å². The van der Waals surface area contributed by atoms with Gasteiger partial charge in [-0.15, -0.1) is 0 Å². The average Bonchev–Trinajstić information content (AvgIpc) is 2.29. The Balaban J connectivity index is 2.97. The predicted molar refractivity (Wildman–Crippen MR) is 61.5 cm³/mol. The molecule has 0 saturated heterocycles. The van der Waals surface area contributed by atoms with Gasteiger partial charge in [0.15, 0.2) is 11.6 Å². The molecule has 0 spiro atoms. The van der Waals surface area contributed by atoms with E-state index in [9.17, 15) is 9.18 Å². The molecule has 4 nitrogen and oxygen atoms in total. The highest BCUT2D eigenvalue weighted by Crippen LogP contribution is 2.30. The number of carbonyl (C=O) groups is 1. The van der Waals surface area contributed by atoms with Crippen LogP contribution in [0.3, 0.4) is 0 Å². The number of carboxylic acid groups (broad SMARTS) is 1. The molecule has 5 heteroatoms. The highest BCUT2D eigenvalue weighted by molar-refractivity contribution is 5.66. The van der Waals surface area contributed by atoms with Crippen molar-refractivity contribution in [1.82, 2.24) is 0 Å². The number of halogens is 1. The lowest BCUT2D eigenvalue weighted by Gasteiger charge is -2.16. The number of carboxylic acids is 1. The molecular weight excluding hydrogens is 225 g/mol. The molecule has 1 aromatic rings. The van der Waals surface area contributed by atoms with E-state index in [1.807, 2.05) is 0 Å². The van der Waals surface area contributed by atoms with Crippen LogP contribution < -0.4 is 10.5 Å². The van der Waals surface area contributed by atoms with Gasteiger partial charge in [-0.1, -0.05) is 12.1 Å². The van der Waals surface area contributed by atoms with E-state index < -0.39 is 17.8 Å². The fourth-order valence-electron chi connectivity index (χ4n) is 1.60. The van der Waals surface area contributed by atoms with Gasteiger partial charge in [0.25, 0.3) is 0 Å². The maximum atomic E-state index is 13.7. The Bertz CT molecular complexity index is 420. The maximum Gasteiger partial charge on any atom is 0.303 e. The van der Waals surface area contributed by atoms with Crippen molar-refractivity contribution in [2.75, 3.05) is 7.11 Å². The summed E-state index contributed by atoms with van der Waals surface area (Å²) in [5.41, 5.74) is 6.79. The molecule has 0 radical (unpaired) electrons. The Kier molecular flexibility index (Phi) is 4.45. The fraction of sp³-hybridized carbons (Fsp3) is 0.417. The molecule has 0 heterocycles. The van der Waals surface area contributed by atoms with Crippen LogP contribution in [-0.4, -0.2) is 18.2 Å². The first-order chi connectivity index (χ1) is 7.97. The second kappa shape index (κ2) is 5.63. The number of hydrogen-bond donors (Lipinski definition) is 2. The zero-order valence-electron chi connectivity index (χ0n) is 9.87. The molecule has 1 aromatic carbocycles. The van der Waals surface area contributed by atoms with Gasteiger partial charge in [0.05, 0.1) is 7.11 Å². The smallest absolute Gasteiger partial charge is 0.303 e. The molecule has 0 fully saturated rings. The van der Waals surface area contributed by atoms with Crippen molar-refractivity contribution in [2.45, 2.75) is 25.8 Å². The SMILES string of the molecule is COc1c(C(N)CCC(=O)O)ccc(C)c1F. The topological polar surface area (TPSA) is 72.5 Å². The van der Waals surface area contributed by atoms with Gasteiger partial charge in [0.2, 0.25) is 0 Å². The molecule has 0 aliphatic carbocycles. The van der Waals surface area contributed by atoms with E-state index in [2.05, 4.69) is 0 Å². The van der Waals surface area contributed by atoms with Crippen LogP contribution in [0, 0.1) is 12.7 Å². The second-order valence-electron chi connectivity index (χ2n) is 3.86. The second-order valence-corrected chi connectivity index (χ2v) is 3.86. The van der Waals surface area contributed by atoms with E-state index in [1.54, 1.807) is 19.1 Å². The molecule has 1 atom stereocenters. The molecule has 1 unspecified atom stereocenters. The molecule has 3 N–H and O–H groups in total. The normalized spacial score (nSPS) is 12.2. The summed E-state index contributed by atoms with van der Waals surface area (Å²) < 4.78 is 18.7. The minimum Gasteiger partial charge on any atom is -0.493 e. The summed E-state index contributed by atoms with van der Waals surface area (Å²) in [4.78, 5) is 10.4. The van der Waals surface area contributed by atoms with Gasteiger partial charge in [-0.05, 0) is 18.9 Å². The summed E-state index contributed by atoms with van der Waals surface area (Å²) in [5, 5.41) is 8.57. The van der Waals surface area contributed by atoms with Crippen LogP contribution in [0.1, 0.15) is 30.0 Å². The van der Waals surface area contributed by atoms with E-state index in [0.717, 1.165) is 0 Å². The number of benzene rings is 1. The summed E-state index contributed by atoms with van der Waals surface area (Å²) in [6.07, 6.45) is 0.189. The first-order valence-electron chi connectivity index (χ1n) is 5.27. The van der Waals surface area contributed by atoms with Crippen LogP contribution in [0.5, 0.6) is 5.75 Å². The van der Waals surface area contributed by atoms with Crippen molar-refractivity contribution >= 4 is 5.97 Å². The first kappa shape index (κ1) is 13.4. The zero-order valence-corrected chi connectivity index (χ0v) is 9.87. The third-order valence-electron chi connectivity index (χ3n) is 2.59. The van der Waals surface area contributed by atoms with Crippen molar-refractivity contribution in [2.24, 2.45) is 5.73 Å². The van der Waals surface area contributed by atoms with Gasteiger partial charge in [0, 0.05) is 18.0 Å². The van der Waals surface area contributed by atoms with Gasteiger partial charge in [-0.3, -0.25) is 4.79 Å². The number of methoxy groups -OCH3 is 1. The van der Waals surface area contributed by atoms with E-state index in [4.69, 9.17) is 15.6 Å². The van der Waals surface area contributed by atoms with Crippen LogP contribution in [0.15, 0.2) is 12.1 Å². The summed E-state index contributed by atoms with van der Waals surface area (Å²) >= 11 is 0. The quantitative estimate of drug-likeness (QED) is 0.827. The van der Waals surface area contributed by atoms with Crippen LogP contribution in [0.25, 0.3) is 0 Å². The van der Waals surface area contributed by atoms with Crippen LogP contribution in [0.2, 0.25) is 0 Å². The van der Waals surface area contributed by atoms with Crippen LogP contribution in [-0.2, 0) is 4.79 Å². The van der Waals surface area contributed by atoms with E-state index in [-0.39, 0.29) is 18.6 Å². The number of hydrogen-bond acceptors (Lipinski definition) is 3. The fourth-order valence-corrected chi connectivity index (χ4v) is 1.60. The molecule has 0 aliphatic rings. The van der Waals surface area contributed by atoms with Crippen molar-refractivity contribution in [1.29, 1.82) is 0 Å².